The molecule has 1 rings (SSSR count). The van der Waals surface area contributed by atoms with Crippen LogP contribution >= 0.6 is 0 Å². The van der Waals surface area contributed by atoms with Crippen LogP contribution in [-0.2, 0) is 4.74 Å². The van der Waals surface area contributed by atoms with Crippen molar-refractivity contribution in [3.63, 3.8) is 0 Å². The second kappa shape index (κ2) is 7.87. The average molecular weight is 225 g/mol. The van der Waals surface area contributed by atoms with Crippen molar-refractivity contribution in [2.24, 2.45) is 0 Å². The van der Waals surface area contributed by atoms with Crippen LogP contribution in [0.4, 0.5) is 5.95 Å². The van der Waals surface area contributed by atoms with Crippen LogP contribution in [-0.4, -0.2) is 36.8 Å². The summed E-state index contributed by atoms with van der Waals surface area (Å²) in [4.78, 5) is 8.19. The zero-order valence-corrected chi connectivity index (χ0v) is 9.90. The third kappa shape index (κ3) is 4.93. The maximum Gasteiger partial charge on any atom is 0.222 e. The summed E-state index contributed by atoms with van der Waals surface area (Å²) in [6, 6.07) is 0. The largest absolute Gasteiger partial charge is 0.494 e. The van der Waals surface area contributed by atoms with E-state index >= 15 is 0 Å². The highest BCUT2D eigenvalue weighted by molar-refractivity contribution is 5.26. The van der Waals surface area contributed by atoms with Gasteiger partial charge < -0.3 is 14.8 Å². The standard InChI is InChI=1S/C11H19N3O2/c1-3-6-16-7-4-5-12-11-13-8-10(15-2)9-14-11/h8-9H,3-7H2,1-2H3,(H,12,13,14). The number of nitrogens with one attached hydrogen (secondary N) is 1. The van der Waals surface area contributed by atoms with E-state index < -0.39 is 0 Å². The Labute approximate surface area is 96.2 Å². The van der Waals surface area contributed by atoms with Gasteiger partial charge >= 0.3 is 0 Å². The summed E-state index contributed by atoms with van der Waals surface area (Å²) >= 11 is 0. The van der Waals surface area contributed by atoms with Crippen LogP contribution in [0.1, 0.15) is 19.8 Å². The number of ether oxygens (including phenoxy) is 2. The Morgan fingerprint density at radius 2 is 2.00 bits per heavy atom. The van der Waals surface area contributed by atoms with Crippen LogP contribution in [0.25, 0.3) is 0 Å². The molecule has 0 spiro atoms. The van der Waals surface area contributed by atoms with E-state index in [9.17, 15) is 0 Å². The Morgan fingerprint density at radius 3 is 2.62 bits per heavy atom. The Bertz CT molecular complexity index is 277. The van der Waals surface area contributed by atoms with Crippen LogP contribution in [0.2, 0.25) is 0 Å². The predicted molar refractivity (Wildman–Crippen MR) is 62.8 cm³/mol. The van der Waals surface area contributed by atoms with Gasteiger partial charge in [-0.2, -0.15) is 0 Å². The Balaban J connectivity index is 2.12. The van der Waals surface area contributed by atoms with Gasteiger partial charge in [0.15, 0.2) is 5.75 Å². The van der Waals surface area contributed by atoms with Crippen molar-refractivity contribution in [1.29, 1.82) is 0 Å². The molecule has 0 saturated carbocycles. The third-order valence-corrected chi connectivity index (χ3v) is 1.96. The van der Waals surface area contributed by atoms with Gasteiger partial charge in [-0.3, -0.25) is 0 Å². The maximum absolute atomic E-state index is 5.36. The molecule has 0 radical (unpaired) electrons. The van der Waals surface area contributed by atoms with Gasteiger partial charge in [-0.25, -0.2) is 9.97 Å². The summed E-state index contributed by atoms with van der Waals surface area (Å²) in [6.45, 7) is 4.52. The van der Waals surface area contributed by atoms with Crippen molar-refractivity contribution in [2.45, 2.75) is 19.8 Å². The van der Waals surface area contributed by atoms with E-state index in [2.05, 4.69) is 22.2 Å². The molecule has 0 amide bonds. The maximum atomic E-state index is 5.36. The molecular weight excluding hydrogens is 206 g/mol. The molecule has 5 heteroatoms. The van der Waals surface area contributed by atoms with Crippen molar-refractivity contribution in [3.8, 4) is 5.75 Å². The minimum Gasteiger partial charge on any atom is -0.494 e. The van der Waals surface area contributed by atoms with Crippen LogP contribution in [0.3, 0.4) is 0 Å². The molecule has 1 N–H and O–H groups in total. The zero-order valence-electron chi connectivity index (χ0n) is 9.90. The third-order valence-electron chi connectivity index (χ3n) is 1.96. The van der Waals surface area contributed by atoms with Gasteiger partial charge in [0.1, 0.15) is 0 Å². The molecule has 0 aliphatic rings. The van der Waals surface area contributed by atoms with Gasteiger partial charge in [0, 0.05) is 19.8 Å². The number of rotatable bonds is 8. The summed E-state index contributed by atoms with van der Waals surface area (Å²) in [5, 5.41) is 3.12. The molecule has 0 bridgehead atoms. The van der Waals surface area contributed by atoms with E-state index in [1.807, 2.05) is 0 Å². The Morgan fingerprint density at radius 1 is 1.25 bits per heavy atom. The minimum absolute atomic E-state index is 0.622. The summed E-state index contributed by atoms with van der Waals surface area (Å²) in [5.74, 6) is 1.29. The van der Waals surface area contributed by atoms with Crippen LogP contribution in [0.15, 0.2) is 12.4 Å². The topological polar surface area (TPSA) is 56.3 Å². The van der Waals surface area contributed by atoms with Crippen molar-refractivity contribution >= 4 is 5.95 Å². The van der Waals surface area contributed by atoms with Crippen molar-refractivity contribution < 1.29 is 9.47 Å². The van der Waals surface area contributed by atoms with Crippen LogP contribution in [0, 0.1) is 0 Å². The van der Waals surface area contributed by atoms with E-state index in [4.69, 9.17) is 9.47 Å². The van der Waals surface area contributed by atoms with Crippen molar-refractivity contribution in [3.05, 3.63) is 12.4 Å². The molecule has 90 valence electrons. The molecule has 1 aromatic rings. The SMILES string of the molecule is CCCOCCCNc1ncc(OC)cn1. The fourth-order valence-electron chi connectivity index (χ4n) is 1.13. The number of hydrogen-bond acceptors (Lipinski definition) is 5. The van der Waals surface area contributed by atoms with E-state index in [1.165, 1.54) is 0 Å². The molecule has 1 heterocycles. The lowest BCUT2D eigenvalue weighted by atomic mass is 10.4. The van der Waals surface area contributed by atoms with E-state index in [1.54, 1.807) is 19.5 Å². The number of methoxy groups -OCH3 is 1. The lowest BCUT2D eigenvalue weighted by Gasteiger charge is -2.05. The number of nitrogens with zero attached hydrogens (tertiary/aromatic N) is 2. The van der Waals surface area contributed by atoms with E-state index in [-0.39, 0.29) is 0 Å². The first-order valence-corrected chi connectivity index (χ1v) is 5.54. The first-order valence-electron chi connectivity index (χ1n) is 5.54. The summed E-state index contributed by atoms with van der Waals surface area (Å²) < 4.78 is 10.3. The van der Waals surface area contributed by atoms with E-state index in [0.717, 1.165) is 32.6 Å². The van der Waals surface area contributed by atoms with Gasteiger partial charge in [-0.1, -0.05) is 6.92 Å². The average Bonchev–Trinajstić information content (AvgIpc) is 2.34. The molecule has 0 aromatic carbocycles. The summed E-state index contributed by atoms with van der Waals surface area (Å²) in [7, 11) is 1.59. The normalized spacial score (nSPS) is 10.1. The van der Waals surface area contributed by atoms with Gasteiger partial charge in [-0.05, 0) is 12.8 Å². The van der Waals surface area contributed by atoms with Crippen molar-refractivity contribution in [2.75, 3.05) is 32.2 Å². The molecular formula is C11H19N3O2. The molecule has 5 nitrogen and oxygen atoms in total. The Hall–Kier alpha value is -1.36. The van der Waals surface area contributed by atoms with Gasteiger partial charge in [0.05, 0.1) is 19.5 Å². The molecule has 1 aromatic heterocycles. The lowest BCUT2D eigenvalue weighted by molar-refractivity contribution is 0.134. The van der Waals surface area contributed by atoms with Crippen LogP contribution < -0.4 is 10.1 Å². The summed E-state index contributed by atoms with van der Waals surface area (Å²) in [5.41, 5.74) is 0. The molecule has 0 fully saturated rings. The Kier molecular flexibility index (Phi) is 6.25. The lowest BCUT2D eigenvalue weighted by Crippen LogP contribution is -2.08. The summed E-state index contributed by atoms with van der Waals surface area (Å²) in [6.07, 6.45) is 5.30. The molecule has 0 aliphatic heterocycles. The monoisotopic (exact) mass is 225 g/mol. The van der Waals surface area contributed by atoms with Crippen molar-refractivity contribution in [1.82, 2.24) is 9.97 Å². The highest BCUT2D eigenvalue weighted by Gasteiger charge is 1.96. The van der Waals surface area contributed by atoms with Gasteiger partial charge in [-0.15, -0.1) is 0 Å². The molecule has 0 atom stereocenters. The zero-order chi connectivity index (χ0) is 11.6. The first-order chi connectivity index (χ1) is 7.86. The molecule has 16 heavy (non-hydrogen) atoms. The molecule has 0 unspecified atom stereocenters. The second-order valence-electron chi connectivity index (χ2n) is 3.34. The minimum atomic E-state index is 0.622. The van der Waals surface area contributed by atoms with Gasteiger partial charge in [0.25, 0.3) is 0 Å². The number of hydrogen-bond donors (Lipinski definition) is 1. The highest BCUT2D eigenvalue weighted by Crippen LogP contribution is 2.06. The highest BCUT2D eigenvalue weighted by atomic mass is 16.5. The molecule has 0 aliphatic carbocycles. The quantitative estimate of drug-likeness (QED) is 0.683. The molecule has 0 saturated heterocycles. The van der Waals surface area contributed by atoms with E-state index in [0.29, 0.717) is 11.7 Å². The number of aromatic nitrogens is 2. The second-order valence-corrected chi connectivity index (χ2v) is 3.34. The smallest absolute Gasteiger partial charge is 0.222 e. The fourth-order valence-corrected chi connectivity index (χ4v) is 1.13. The predicted octanol–water partition coefficient (Wildman–Crippen LogP) is 1.71. The van der Waals surface area contributed by atoms with Gasteiger partial charge in [0.2, 0.25) is 5.95 Å². The number of anilines is 1. The fraction of sp³-hybridized carbons (Fsp3) is 0.636. The first kappa shape index (κ1) is 12.7. The van der Waals surface area contributed by atoms with Crippen LogP contribution in [0.5, 0.6) is 5.75 Å².